The zero-order chi connectivity index (χ0) is 22.4. The van der Waals surface area contributed by atoms with E-state index < -0.39 is 0 Å². The molecule has 0 radical (unpaired) electrons. The van der Waals surface area contributed by atoms with Crippen molar-refractivity contribution in [3.63, 3.8) is 0 Å². The monoisotopic (exact) mass is 444 g/mol. The van der Waals surface area contributed by atoms with Crippen LogP contribution in [0, 0.1) is 0 Å². The maximum atomic E-state index is 5.58. The Bertz CT molecular complexity index is 801. The lowest BCUT2D eigenvalue weighted by Gasteiger charge is -2.21. The molecule has 0 spiro atoms. The second-order valence-electron chi connectivity index (χ2n) is 7.82. The van der Waals surface area contributed by atoms with Gasteiger partial charge in [0.25, 0.3) is 0 Å². The van der Waals surface area contributed by atoms with Crippen LogP contribution in [-0.4, -0.2) is 61.6 Å². The number of methoxy groups -OCH3 is 1. The molecule has 9 heteroatoms. The van der Waals surface area contributed by atoms with E-state index in [4.69, 9.17) is 29.9 Å². The molecular formula is C23H36N6O3. The Labute approximate surface area is 190 Å². The molecule has 1 aromatic heterocycles. The Morgan fingerprint density at radius 2 is 1.69 bits per heavy atom. The number of nitrogens with one attached hydrogen (secondary N) is 2. The van der Waals surface area contributed by atoms with Crippen molar-refractivity contribution in [3.05, 3.63) is 35.7 Å². The smallest absolute Gasteiger partial charge is 0.228 e. The Morgan fingerprint density at radius 3 is 2.44 bits per heavy atom. The second kappa shape index (κ2) is 13.8. The molecule has 1 heterocycles. The fraction of sp³-hybridized carbons (Fsp3) is 0.609. The molecule has 1 saturated carbocycles. The number of nitrogens with zero attached hydrogens (tertiary/aromatic N) is 3. The number of benzene rings is 1. The van der Waals surface area contributed by atoms with Crippen LogP contribution >= 0.6 is 0 Å². The van der Waals surface area contributed by atoms with Gasteiger partial charge in [0.15, 0.2) is 0 Å². The van der Waals surface area contributed by atoms with Crippen LogP contribution in [0.15, 0.2) is 24.3 Å². The lowest BCUT2D eigenvalue weighted by Crippen LogP contribution is -2.18. The highest BCUT2D eigenvalue weighted by molar-refractivity contribution is 5.37. The first-order valence-corrected chi connectivity index (χ1v) is 11.5. The SMILES string of the molecule is COc1cccc(CNc2nc(NCCOCCOCCN)nc(C3CCCCC3)n2)c1. The van der Waals surface area contributed by atoms with Crippen LogP contribution in [-0.2, 0) is 16.0 Å². The van der Waals surface area contributed by atoms with E-state index in [9.17, 15) is 0 Å². The number of aromatic nitrogens is 3. The van der Waals surface area contributed by atoms with Gasteiger partial charge in [-0.25, -0.2) is 0 Å². The maximum Gasteiger partial charge on any atom is 0.228 e. The van der Waals surface area contributed by atoms with E-state index in [0.29, 0.717) is 63.9 Å². The summed E-state index contributed by atoms with van der Waals surface area (Å²) < 4.78 is 16.2. The standard InChI is InChI=1S/C23H36N6O3/c1-30-20-9-5-6-18(16-20)17-26-23-28-21(19-7-3-2-4-8-19)27-22(29-23)25-11-13-32-15-14-31-12-10-24/h5-6,9,16,19H,2-4,7-8,10-15,17,24H2,1H3,(H2,25,26,27,28,29). The maximum absolute atomic E-state index is 5.58. The van der Waals surface area contributed by atoms with Crippen molar-refractivity contribution in [2.75, 3.05) is 57.3 Å². The predicted molar refractivity (Wildman–Crippen MR) is 125 cm³/mol. The van der Waals surface area contributed by atoms with Crippen molar-refractivity contribution >= 4 is 11.9 Å². The van der Waals surface area contributed by atoms with Crippen LogP contribution in [0.5, 0.6) is 5.75 Å². The molecule has 1 aromatic carbocycles. The van der Waals surface area contributed by atoms with Gasteiger partial charge in [0.2, 0.25) is 11.9 Å². The molecule has 0 amide bonds. The molecule has 0 unspecified atom stereocenters. The van der Waals surface area contributed by atoms with Gasteiger partial charge >= 0.3 is 0 Å². The number of hydrogen-bond acceptors (Lipinski definition) is 9. The first-order valence-electron chi connectivity index (χ1n) is 11.5. The third-order valence-electron chi connectivity index (χ3n) is 5.37. The number of anilines is 2. The largest absolute Gasteiger partial charge is 0.497 e. The van der Waals surface area contributed by atoms with Gasteiger partial charge in [0.1, 0.15) is 11.6 Å². The van der Waals surface area contributed by atoms with E-state index in [2.05, 4.69) is 15.6 Å². The summed E-state index contributed by atoms with van der Waals surface area (Å²) in [5.74, 6) is 3.25. The predicted octanol–water partition coefficient (Wildman–Crippen LogP) is 2.94. The molecule has 4 N–H and O–H groups in total. The van der Waals surface area contributed by atoms with Crippen LogP contribution in [0.25, 0.3) is 0 Å². The molecule has 3 rings (SSSR count). The van der Waals surface area contributed by atoms with Crippen LogP contribution in [0.1, 0.15) is 49.4 Å². The average Bonchev–Trinajstić information content (AvgIpc) is 2.85. The molecule has 176 valence electrons. The minimum Gasteiger partial charge on any atom is -0.497 e. The topological polar surface area (TPSA) is 116 Å². The van der Waals surface area contributed by atoms with Gasteiger partial charge < -0.3 is 30.6 Å². The lowest BCUT2D eigenvalue weighted by atomic mass is 9.89. The van der Waals surface area contributed by atoms with Crippen molar-refractivity contribution in [1.82, 2.24) is 15.0 Å². The second-order valence-corrected chi connectivity index (χ2v) is 7.82. The van der Waals surface area contributed by atoms with Crippen LogP contribution in [0.2, 0.25) is 0 Å². The molecule has 1 aliphatic carbocycles. The summed E-state index contributed by atoms with van der Waals surface area (Å²) in [5.41, 5.74) is 6.50. The summed E-state index contributed by atoms with van der Waals surface area (Å²) in [4.78, 5) is 14.0. The summed E-state index contributed by atoms with van der Waals surface area (Å²) in [7, 11) is 1.67. The number of nitrogens with two attached hydrogens (primary N) is 1. The highest BCUT2D eigenvalue weighted by atomic mass is 16.5. The zero-order valence-electron chi connectivity index (χ0n) is 19.0. The van der Waals surface area contributed by atoms with Crippen LogP contribution in [0.3, 0.4) is 0 Å². The van der Waals surface area contributed by atoms with Gasteiger partial charge in [0, 0.05) is 25.6 Å². The van der Waals surface area contributed by atoms with E-state index in [0.717, 1.165) is 30.0 Å². The van der Waals surface area contributed by atoms with E-state index in [1.54, 1.807) is 7.11 Å². The third-order valence-corrected chi connectivity index (χ3v) is 5.37. The van der Waals surface area contributed by atoms with Crippen molar-refractivity contribution in [3.8, 4) is 5.75 Å². The Hall–Kier alpha value is -2.49. The number of ether oxygens (including phenoxy) is 3. The quantitative estimate of drug-likeness (QED) is 0.378. The van der Waals surface area contributed by atoms with Gasteiger partial charge in [-0.05, 0) is 30.5 Å². The van der Waals surface area contributed by atoms with E-state index >= 15 is 0 Å². The fourth-order valence-corrected chi connectivity index (χ4v) is 3.70. The summed E-state index contributed by atoms with van der Waals surface area (Å²) in [6.07, 6.45) is 6.01. The Kier molecular flexibility index (Phi) is 10.4. The Balaban J connectivity index is 1.58. The van der Waals surface area contributed by atoms with Crippen molar-refractivity contribution in [2.45, 2.75) is 44.6 Å². The van der Waals surface area contributed by atoms with E-state index in [-0.39, 0.29) is 0 Å². The van der Waals surface area contributed by atoms with Gasteiger partial charge in [0.05, 0.1) is 33.5 Å². The minimum atomic E-state index is 0.389. The highest BCUT2D eigenvalue weighted by Gasteiger charge is 2.20. The molecule has 0 bridgehead atoms. The van der Waals surface area contributed by atoms with Gasteiger partial charge in [-0.2, -0.15) is 15.0 Å². The molecule has 2 aromatic rings. The van der Waals surface area contributed by atoms with Crippen molar-refractivity contribution in [2.24, 2.45) is 5.73 Å². The van der Waals surface area contributed by atoms with Crippen LogP contribution < -0.4 is 21.1 Å². The molecule has 0 saturated heterocycles. The zero-order valence-corrected chi connectivity index (χ0v) is 19.0. The van der Waals surface area contributed by atoms with Crippen LogP contribution in [0.4, 0.5) is 11.9 Å². The van der Waals surface area contributed by atoms with Gasteiger partial charge in [-0.15, -0.1) is 0 Å². The molecule has 1 fully saturated rings. The molecule has 0 aliphatic heterocycles. The average molecular weight is 445 g/mol. The summed E-state index contributed by atoms with van der Waals surface area (Å²) >= 11 is 0. The molecule has 1 aliphatic rings. The lowest BCUT2D eigenvalue weighted by molar-refractivity contribution is 0.0547. The van der Waals surface area contributed by atoms with E-state index in [1.807, 2.05) is 24.3 Å². The summed E-state index contributed by atoms with van der Waals surface area (Å²) in [6.45, 7) is 3.94. The van der Waals surface area contributed by atoms with Crippen molar-refractivity contribution < 1.29 is 14.2 Å². The molecule has 32 heavy (non-hydrogen) atoms. The minimum absolute atomic E-state index is 0.389. The van der Waals surface area contributed by atoms with Gasteiger partial charge in [-0.1, -0.05) is 31.4 Å². The normalized spacial score (nSPS) is 14.3. The Morgan fingerprint density at radius 1 is 0.938 bits per heavy atom. The van der Waals surface area contributed by atoms with E-state index in [1.165, 1.54) is 19.3 Å². The third kappa shape index (κ3) is 8.22. The molecule has 9 nitrogen and oxygen atoms in total. The number of hydrogen-bond donors (Lipinski definition) is 3. The first kappa shape index (κ1) is 24.2. The fourth-order valence-electron chi connectivity index (χ4n) is 3.70. The van der Waals surface area contributed by atoms with Crippen molar-refractivity contribution in [1.29, 1.82) is 0 Å². The highest BCUT2D eigenvalue weighted by Crippen LogP contribution is 2.31. The summed E-state index contributed by atoms with van der Waals surface area (Å²) in [5, 5.41) is 6.62. The molecule has 0 atom stereocenters. The summed E-state index contributed by atoms with van der Waals surface area (Å²) in [6, 6.07) is 7.96. The number of rotatable bonds is 14. The molecular weight excluding hydrogens is 408 g/mol. The first-order chi connectivity index (χ1) is 15.8. The van der Waals surface area contributed by atoms with Gasteiger partial charge in [-0.3, -0.25) is 0 Å².